The van der Waals surface area contributed by atoms with Gasteiger partial charge in [-0.25, -0.2) is 4.79 Å². The molecule has 0 fully saturated rings. The van der Waals surface area contributed by atoms with Crippen LogP contribution in [0.25, 0.3) is 0 Å². The highest BCUT2D eigenvalue weighted by Gasteiger charge is 2.37. The summed E-state index contributed by atoms with van der Waals surface area (Å²) in [6.45, 7) is 1.74. The van der Waals surface area contributed by atoms with Gasteiger partial charge in [-0.15, -0.1) is 0 Å². The first-order valence-corrected chi connectivity index (χ1v) is 5.28. The lowest BCUT2D eigenvalue weighted by Crippen LogP contribution is -2.42. The molecule has 0 saturated heterocycles. The zero-order chi connectivity index (χ0) is 11.7. The molecule has 0 aromatic heterocycles. The molecule has 0 bridgehead atoms. The van der Waals surface area contributed by atoms with Gasteiger partial charge in [-0.05, 0) is 11.6 Å². The molecule has 84 valence electrons. The summed E-state index contributed by atoms with van der Waals surface area (Å²) in [5.41, 5.74) is 1.67. The Bertz CT molecular complexity index is 442. The first-order valence-electron chi connectivity index (χ1n) is 5.28. The van der Waals surface area contributed by atoms with E-state index in [9.17, 15) is 9.59 Å². The van der Waals surface area contributed by atoms with E-state index in [1.807, 2.05) is 18.2 Å². The van der Waals surface area contributed by atoms with Gasteiger partial charge < -0.3 is 5.11 Å². The van der Waals surface area contributed by atoms with Gasteiger partial charge in [-0.1, -0.05) is 25.1 Å². The number of benzene rings is 1. The van der Waals surface area contributed by atoms with E-state index in [4.69, 9.17) is 5.11 Å². The van der Waals surface area contributed by atoms with Crippen LogP contribution in [0.2, 0.25) is 0 Å². The zero-order valence-electron chi connectivity index (χ0n) is 9.01. The summed E-state index contributed by atoms with van der Waals surface area (Å²) in [4.78, 5) is 24.3. The van der Waals surface area contributed by atoms with Crippen LogP contribution in [0.1, 0.15) is 18.9 Å². The Kier molecular flexibility index (Phi) is 2.64. The Morgan fingerprint density at radius 1 is 1.44 bits per heavy atom. The van der Waals surface area contributed by atoms with Crippen LogP contribution in [-0.4, -0.2) is 23.0 Å². The van der Waals surface area contributed by atoms with E-state index in [1.165, 1.54) is 4.90 Å². The van der Waals surface area contributed by atoms with Crippen molar-refractivity contribution in [2.75, 3.05) is 4.90 Å². The van der Waals surface area contributed by atoms with E-state index in [1.54, 1.807) is 13.0 Å². The number of hydrogen-bond acceptors (Lipinski definition) is 2. The fourth-order valence-electron chi connectivity index (χ4n) is 2.06. The van der Waals surface area contributed by atoms with Crippen molar-refractivity contribution in [3.63, 3.8) is 0 Å². The minimum atomic E-state index is -0.946. The molecule has 1 heterocycles. The fourth-order valence-corrected chi connectivity index (χ4v) is 2.06. The van der Waals surface area contributed by atoms with E-state index in [0.29, 0.717) is 12.8 Å². The number of amides is 1. The second-order valence-electron chi connectivity index (χ2n) is 3.80. The standard InChI is InChI=1S/C12H13NO3/c1-2-11(14)13-9-6-4-3-5-8(9)7-10(13)12(15)16/h3-6,10H,2,7H2,1H3,(H,15,16). The molecule has 1 amide bonds. The minimum absolute atomic E-state index is 0.141. The molecule has 0 aliphatic carbocycles. The number of anilines is 1. The molecule has 1 N–H and O–H groups in total. The monoisotopic (exact) mass is 219 g/mol. The third kappa shape index (κ3) is 1.56. The van der Waals surface area contributed by atoms with Gasteiger partial charge in [0.15, 0.2) is 0 Å². The van der Waals surface area contributed by atoms with Gasteiger partial charge in [-0.2, -0.15) is 0 Å². The van der Waals surface area contributed by atoms with Gasteiger partial charge in [0.1, 0.15) is 6.04 Å². The number of carbonyl (C=O) groups is 2. The summed E-state index contributed by atoms with van der Waals surface area (Å²) in [6, 6.07) is 6.60. The number of hydrogen-bond donors (Lipinski definition) is 1. The maximum Gasteiger partial charge on any atom is 0.327 e. The maximum atomic E-state index is 11.8. The van der Waals surface area contributed by atoms with Crippen LogP contribution in [0.4, 0.5) is 5.69 Å². The van der Waals surface area contributed by atoms with E-state index in [0.717, 1.165) is 11.3 Å². The number of rotatable bonds is 2. The van der Waals surface area contributed by atoms with E-state index >= 15 is 0 Å². The SMILES string of the molecule is CCC(=O)N1c2ccccc2CC1C(=O)O. The number of fused-ring (bicyclic) bond motifs is 1. The van der Waals surface area contributed by atoms with E-state index in [2.05, 4.69) is 0 Å². The molecule has 1 aromatic carbocycles. The van der Waals surface area contributed by atoms with Crippen molar-refractivity contribution in [2.24, 2.45) is 0 Å². The van der Waals surface area contributed by atoms with Crippen molar-refractivity contribution in [3.05, 3.63) is 29.8 Å². The van der Waals surface area contributed by atoms with Crippen LogP contribution < -0.4 is 4.90 Å². The molecule has 1 atom stereocenters. The number of para-hydroxylation sites is 1. The van der Waals surface area contributed by atoms with Crippen LogP contribution in [0.15, 0.2) is 24.3 Å². The predicted octanol–water partition coefficient (Wildman–Crippen LogP) is 1.44. The van der Waals surface area contributed by atoms with E-state index < -0.39 is 12.0 Å². The molecule has 1 aromatic rings. The quantitative estimate of drug-likeness (QED) is 0.818. The highest BCUT2D eigenvalue weighted by Crippen LogP contribution is 2.32. The average molecular weight is 219 g/mol. The number of carboxylic acid groups (broad SMARTS) is 1. The topological polar surface area (TPSA) is 57.6 Å². The van der Waals surface area contributed by atoms with Crippen molar-refractivity contribution >= 4 is 17.6 Å². The summed E-state index contributed by atoms with van der Waals surface area (Å²) in [5.74, 6) is -1.09. The molecule has 2 rings (SSSR count). The van der Waals surface area contributed by atoms with Crippen molar-refractivity contribution in [1.82, 2.24) is 0 Å². The van der Waals surface area contributed by atoms with Gasteiger partial charge in [-0.3, -0.25) is 9.69 Å². The molecule has 0 spiro atoms. The molecule has 16 heavy (non-hydrogen) atoms. The van der Waals surface area contributed by atoms with Crippen molar-refractivity contribution in [3.8, 4) is 0 Å². The lowest BCUT2D eigenvalue weighted by Gasteiger charge is -2.21. The second kappa shape index (κ2) is 3.96. The van der Waals surface area contributed by atoms with Gasteiger partial charge in [0.05, 0.1) is 0 Å². The maximum absolute atomic E-state index is 11.8. The van der Waals surface area contributed by atoms with Crippen LogP contribution in [-0.2, 0) is 16.0 Å². The summed E-state index contributed by atoms with van der Waals surface area (Å²) in [5, 5.41) is 9.11. The largest absolute Gasteiger partial charge is 0.480 e. The number of carbonyl (C=O) groups excluding carboxylic acids is 1. The predicted molar refractivity (Wildman–Crippen MR) is 59.3 cm³/mol. The third-order valence-electron chi connectivity index (χ3n) is 2.83. The fraction of sp³-hybridized carbons (Fsp3) is 0.333. The zero-order valence-corrected chi connectivity index (χ0v) is 9.01. The molecule has 0 radical (unpaired) electrons. The molecule has 1 aliphatic heterocycles. The second-order valence-corrected chi connectivity index (χ2v) is 3.80. The number of aliphatic carboxylic acids is 1. The Balaban J connectivity index is 2.43. The number of nitrogens with zero attached hydrogens (tertiary/aromatic N) is 1. The molecular weight excluding hydrogens is 206 g/mol. The van der Waals surface area contributed by atoms with Crippen LogP contribution >= 0.6 is 0 Å². The Hall–Kier alpha value is -1.84. The summed E-state index contributed by atoms with van der Waals surface area (Å²) in [6.07, 6.45) is 0.718. The molecule has 4 nitrogen and oxygen atoms in total. The van der Waals surface area contributed by atoms with E-state index in [-0.39, 0.29) is 5.91 Å². The number of carboxylic acids is 1. The first-order chi connectivity index (χ1) is 7.65. The third-order valence-corrected chi connectivity index (χ3v) is 2.83. The normalized spacial score (nSPS) is 18.3. The smallest absolute Gasteiger partial charge is 0.327 e. The summed E-state index contributed by atoms with van der Waals surface area (Å²) < 4.78 is 0. The van der Waals surface area contributed by atoms with Crippen molar-refractivity contribution in [1.29, 1.82) is 0 Å². The minimum Gasteiger partial charge on any atom is -0.480 e. The van der Waals surface area contributed by atoms with Crippen molar-refractivity contribution < 1.29 is 14.7 Å². The highest BCUT2D eigenvalue weighted by molar-refractivity contribution is 6.01. The lowest BCUT2D eigenvalue weighted by atomic mass is 10.1. The van der Waals surface area contributed by atoms with Crippen LogP contribution in [0.5, 0.6) is 0 Å². The van der Waals surface area contributed by atoms with Crippen LogP contribution in [0, 0.1) is 0 Å². The van der Waals surface area contributed by atoms with Gasteiger partial charge in [0.2, 0.25) is 5.91 Å². The lowest BCUT2D eigenvalue weighted by molar-refractivity contribution is -0.139. The van der Waals surface area contributed by atoms with Crippen molar-refractivity contribution in [2.45, 2.75) is 25.8 Å². The van der Waals surface area contributed by atoms with Gasteiger partial charge in [0, 0.05) is 18.5 Å². The Labute approximate surface area is 93.5 Å². The summed E-state index contributed by atoms with van der Waals surface area (Å²) in [7, 11) is 0. The first kappa shape index (κ1) is 10.7. The molecular formula is C12H13NO3. The Morgan fingerprint density at radius 2 is 2.12 bits per heavy atom. The van der Waals surface area contributed by atoms with Gasteiger partial charge >= 0.3 is 5.97 Å². The molecule has 1 unspecified atom stereocenters. The van der Waals surface area contributed by atoms with Crippen LogP contribution in [0.3, 0.4) is 0 Å². The Morgan fingerprint density at radius 3 is 2.75 bits per heavy atom. The molecule has 1 aliphatic rings. The molecule has 4 heteroatoms. The average Bonchev–Trinajstić information content (AvgIpc) is 2.67. The molecule has 0 saturated carbocycles. The summed E-state index contributed by atoms with van der Waals surface area (Å²) >= 11 is 0. The van der Waals surface area contributed by atoms with Gasteiger partial charge in [0.25, 0.3) is 0 Å². The highest BCUT2D eigenvalue weighted by atomic mass is 16.4.